The van der Waals surface area contributed by atoms with Gasteiger partial charge >= 0.3 is 0 Å². The first kappa shape index (κ1) is 24.3. The van der Waals surface area contributed by atoms with Crippen molar-refractivity contribution in [3.63, 3.8) is 0 Å². The number of pyridine rings is 1. The van der Waals surface area contributed by atoms with E-state index in [1.54, 1.807) is 35.4 Å². The maximum Gasteiger partial charge on any atom is 0.264 e. The number of thiophene rings is 1. The van der Waals surface area contributed by atoms with Crippen molar-refractivity contribution in [3.05, 3.63) is 70.7 Å². The number of nitrogens with zero attached hydrogens (tertiary/aromatic N) is 3. The van der Waals surface area contributed by atoms with Gasteiger partial charge in [0.05, 0.1) is 16.5 Å². The number of aromatic nitrogens is 1. The van der Waals surface area contributed by atoms with Crippen molar-refractivity contribution in [2.75, 3.05) is 44.2 Å². The fraction of sp³-hybridized carbons (Fsp3) is 0.346. The van der Waals surface area contributed by atoms with Gasteiger partial charge < -0.3 is 19.9 Å². The Morgan fingerprint density at radius 2 is 1.92 bits per heavy atom. The Bertz CT molecular complexity index is 1250. The highest BCUT2D eigenvalue weighted by atomic mass is 32.1. The van der Waals surface area contributed by atoms with Crippen LogP contribution in [0.1, 0.15) is 32.9 Å². The molecule has 5 rings (SSSR count). The van der Waals surface area contributed by atoms with Crippen LogP contribution < -0.4 is 10.2 Å². The molecule has 2 aliphatic rings. The van der Waals surface area contributed by atoms with Gasteiger partial charge in [-0.2, -0.15) is 0 Å². The molecule has 2 amide bonds. The molecule has 4 heterocycles. The standard InChI is InChI=1S/C26H26F2N4O3S/c27-20-6-5-17(15-21(20)28)22-7-8-23(36-22)26(34)32-12-10-31(11-13-32)24-19(4-1-9-29-24)25(33)30-16-18-3-2-14-35-18/h1,4-9,15,18H,2-3,10-14,16H2,(H,30,33). The number of benzene rings is 1. The van der Waals surface area contributed by atoms with E-state index in [9.17, 15) is 18.4 Å². The van der Waals surface area contributed by atoms with E-state index in [0.29, 0.717) is 59.4 Å². The molecule has 0 aliphatic carbocycles. The largest absolute Gasteiger partial charge is 0.376 e. The third kappa shape index (κ3) is 5.24. The van der Waals surface area contributed by atoms with Gasteiger partial charge in [-0.1, -0.05) is 6.07 Å². The van der Waals surface area contributed by atoms with Crippen LogP contribution in [0.5, 0.6) is 0 Å². The minimum Gasteiger partial charge on any atom is -0.376 e. The number of amides is 2. The van der Waals surface area contributed by atoms with E-state index in [1.165, 1.54) is 17.4 Å². The van der Waals surface area contributed by atoms with E-state index in [4.69, 9.17) is 4.74 Å². The van der Waals surface area contributed by atoms with Crippen LogP contribution in [0.15, 0.2) is 48.7 Å². The lowest BCUT2D eigenvalue weighted by Crippen LogP contribution is -2.49. The zero-order chi connectivity index (χ0) is 25.1. The summed E-state index contributed by atoms with van der Waals surface area (Å²) in [5, 5.41) is 2.95. The molecule has 36 heavy (non-hydrogen) atoms. The summed E-state index contributed by atoms with van der Waals surface area (Å²) in [7, 11) is 0. The second-order valence-electron chi connectivity index (χ2n) is 8.79. The molecule has 2 aromatic heterocycles. The minimum atomic E-state index is -0.917. The molecule has 1 atom stereocenters. The summed E-state index contributed by atoms with van der Waals surface area (Å²) in [5.41, 5.74) is 1.04. The quantitative estimate of drug-likeness (QED) is 0.541. The molecule has 0 saturated carbocycles. The topological polar surface area (TPSA) is 74.8 Å². The van der Waals surface area contributed by atoms with Crippen LogP contribution >= 0.6 is 11.3 Å². The maximum absolute atomic E-state index is 13.6. The maximum atomic E-state index is 13.6. The van der Waals surface area contributed by atoms with Crippen molar-refractivity contribution in [2.45, 2.75) is 18.9 Å². The number of halogens is 2. The molecule has 188 valence electrons. The predicted molar refractivity (Wildman–Crippen MR) is 133 cm³/mol. The smallest absolute Gasteiger partial charge is 0.264 e. The van der Waals surface area contributed by atoms with Gasteiger partial charge in [-0.15, -0.1) is 11.3 Å². The number of ether oxygens (including phenoxy) is 1. The third-order valence-electron chi connectivity index (χ3n) is 6.43. The molecule has 1 aromatic carbocycles. The normalized spacial score (nSPS) is 17.9. The van der Waals surface area contributed by atoms with Crippen molar-refractivity contribution in [1.29, 1.82) is 0 Å². The van der Waals surface area contributed by atoms with Gasteiger partial charge in [-0.3, -0.25) is 9.59 Å². The monoisotopic (exact) mass is 512 g/mol. The second-order valence-corrected chi connectivity index (χ2v) is 9.88. The van der Waals surface area contributed by atoms with Crippen LogP contribution in [0.2, 0.25) is 0 Å². The summed E-state index contributed by atoms with van der Waals surface area (Å²) >= 11 is 1.25. The molecular weight excluding hydrogens is 486 g/mol. The van der Waals surface area contributed by atoms with Crippen molar-refractivity contribution in [3.8, 4) is 10.4 Å². The molecule has 0 spiro atoms. The number of hydrogen-bond acceptors (Lipinski definition) is 6. The van der Waals surface area contributed by atoms with E-state index < -0.39 is 11.6 Å². The van der Waals surface area contributed by atoms with Crippen molar-refractivity contribution < 1.29 is 23.1 Å². The lowest BCUT2D eigenvalue weighted by atomic mass is 10.2. The first-order valence-corrected chi connectivity index (χ1v) is 12.8. The van der Waals surface area contributed by atoms with E-state index in [0.717, 1.165) is 31.6 Å². The fourth-order valence-electron chi connectivity index (χ4n) is 4.47. The number of anilines is 1. The first-order chi connectivity index (χ1) is 17.5. The number of rotatable bonds is 6. The Hall–Kier alpha value is -3.37. The van der Waals surface area contributed by atoms with Crippen LogP contribution in [-0.2, 0) is 4.74 Å². The van der Waals surface area contributed by atoms with E-state index >= 15 is 0 Å². The fourth-order valence-corrected chi connectivity index (χ4v) is 5.44. The number of piperazine rings is 1. The van der Waals surface area contributed by atoms with Crippen LogP contribution in [0.3, 0.4) is 0 Å². The van der Waals surface area contributed by atoms with Gasteiger partial charge in [0.1, 0.15) is 5.82 Å². The lowest BCUT2D eigenvalue weighted by Gasteiger charge is -2.35. The van der Waals surface area contributed by atoms with E-state index in [2.05, 4.69) is 10.3 Å². The van der Waals surface area contributed by atoms with Gasteiger partial charge in [0, 0.05) is 50.4 Å². The van der Waals surface area contributed by atoms with Gasteiger partial charge in [0.2, 0.25) is 0 Å². The molecule has 1 unspecified atom stereocenters. The van der Waals surface area contributed by atoms with E-state index in [-0.39, 0.29) is 17.9 Å². The zero-order valence-corrected chi connectivity index (χ0v) is 20.4. The Balaban J connectivity index is 1.21. The molecule has 0 radical (unpaired) electrons. The summed E-state index contributed by atoms with van der Waals surface area (Å²) in [5.74, 6) is -1.51. The van der Waals surface area contributed by atoms with Crippen molar-refractivity contribution in [1.82, 2.24) is 15.2 Å². The number of carbonyl (C=O) groups excluding carboxylic acids is 2. The Labute approximate surface area is 211 Å². The first-order valence-electron chi connectivity index (χ1n) is 11.9. The highest BCUT2D eigenvalue weighted by Crippen LogP contribution is 2.30. The van der Waals surface area contributed by atoms with Crippen LogP contribution in [0, 0.1) is 11.6 Å². The van der Waals surface area contributed by atoms with Crippen molar-refractivity contribution in [2.24, 2.45) is 0 Å². The summed E-state index contributed by atoms with van der Waals surface area (Å²) in [6.07, 6.45) is 3.68. The number of carbonyl (C=O) groups is 2. The Morgan fingerprint density at radius 3 is 2.67 bits per heavy atom. The average molecular weight is 513 g/mol. The number of hydrogen-bond donors (Lipinski definition) is 1. The molecule has 2 aliphatic heterocycles. The summed E-state index contributed by atoms with van der Waals surface area (Å²) in [6.45, 7) is 3.24. The third-order valence-corrected chi connectivity index (χ3v) is 7.56. The highest BCUT2D eigenvalue weighted by molar-refractivity contribution is 7.17. The molecule has 1 N–H and O–H groups in total. The lowest BCUT2D eigenvalue weighted by molar-refractivity contribution is 0.0750. The molecule has 7 nitrogen and oxygen atoms in total. The molecule has 2 fully saturated rings. The Kier molecular flexibility index (Phi) is 7.24. The number of nitrogens with one attached hydrogen (secondary N) is 1. The van der Waals surface area contributed by atoms with Gasteiger partial charge in [0.25, 0.3) is 11.8 Å². The summed E-state index contributed by atoms with van der Waals surface area (Å²) in [6, 6.07) is 10.7. The van der Waals surface area contributed by atoms with Crippen LogP contribution in [0.4, 0.5) is 14.6 Å². The summed E-state index contributed by atoms with van der Waals surface area (Å²) < 4.78 is 32.4. The highest BCUT2D eigenvalue weighted by Gasteiger charge is 2.27. The van der Waals surface area contributed by atoms with Crippen LogP contribution in [0.25, 0.3) is 10.4 Å². The van der Waals surface area contributed by atoms with Gasteiger partial charge in [0.15, 0.2) is 11.6 Å². The molecule has 2 saturated heterocycles. The van der Waals surface area contributed by atoms with Gasteiger partial charge in [-0.25, -0.2) is 13.8 Å². The summed E-state index contributed by atoms with van der Waals surface area (Å²) in [4.78, 5) is 35.4. The predicted octanol–water partition coefficient (Wildman–Crippen LogP) is 3.96. The average Bonchev–Trinajstić information content (AvgIpc) is 3.61. The SMILES string of the molecule is O=C(NCC1CCCO1)c1cccnc1N1CCN(C(=O)c2ccc(-c3ccc(F)c(F)c3)s2)CC1. The molecule has 0 bridgehead atoms. The molecular formula is C26H26F2N4O3S. The van der Waals surface area contributed by atoms with Gasteiger partial charge in [-0.05, 0) is 54.8 Å². The zero-order valence-electron chi connectivity index (χ0n) is 19.6. The Morgan fingerprint density at radius 1 is 1.08 bits per heavy atom. The van der Waals surface area contributed by atoms with E-state index in [1.807, 2.05) is 4.90 Å². The molecule has 3 aromatic rings. The minimum absolute atomic E-state index is 0.0588. The second kappa shape index (κ2) is 10.7. The van der Waals surface area contributed by atoms with Crippen LogP contribution in [-0.4, -0.2) is 67.1 Å². The van der Waals surface area contributed by atoms with Crippen molar-refractivity contribution >= 4 is 29.0 Å². The molecule has 10 heteroatoms.